The molecule has 33 heavy (non-hydrogen) atoms. The van der Waals surface area contributed by atoms with E-state index in [2.05, 4.69) is 4.90 Å². The van der Waals surface area contributed by atoms with Crippen molar-refractivity contribution < 1.29 is 13.2 Å². The standard InChI is InChI=1S/C24H30N4O4S/c1-18-17-26(13-14-28(18)33(30,31)20-9-5-4-6-10-20)19(2)23-25-22-12-8-7-11-21(22)24(29)27(23)15-16-32-3/h4-12,18-19H,13-17H2,1-3H3. The summed E-state index contributed by atoms with van der Waals surface area (Å²) in [5, 5.41) is 0.580. The van der Waals surface area contributed by atoms with E-state index in [1.807, 2.05) is 38.1 Å². The number of hydrogen-bond acceptors (Lipinski definition) is 6. The average Bonchev–Trinajstić information content (AvgIpc) is 2.83. The lowest BCUT2D eigenvalue weighted by molar-refractivity contribution is 0.102. The summed E-state index contributed by atoms with van der Waals surface area (Å²) in [6.07, 6.45) is 0. The Bertz CT molecular complexity index is 1280. The Morgan fingerprint density at radius 2 is 1.79 bits per heavy atom. The Kier molecular flexibility index (Phi) is 6.94. The van der Waals surface area contributed by atoms with Gasteiger partial charge < -0.3 is 4.74 Å². The molecule has 2 atom stereocenters. The van der Waals surface area contributed by atoms with Crippen molar-refractivity contribution in [3.05, 3.63) is 70.8 Å². The highest BCUT2D eigenvalue weighted by molar-refractivity contribution is 7.89. The van der Waals surface area contributed by atoms with E-state index in [1.165, 1.54) is 0 Å². The fourth-order valence-electron chi connectivity index (χ4n) is 4.47. The van der Waals surface area contributed by atoms with Gasteiger partial charge in [-0.3, -0.25) is 14.3 Å². The third-order valence-electron chi connectivity index (χ3n) is 6.28. The number of aromatic nitrogens is 2. The van der Waals surface area contributed by atoms with Crippen molar-refractivity contribution in [2.75, 3.05) is 33.4 Å². The van der Waals surface area contributed by atoms with Crippen LogP contribution in [0.15, 0.2) is 64.3 Å². The molecule has 1 aromatic heterocycles. The molecule has 2 unspecified atom stereocenters. The molecule has 176 valence electrons. The van der Waals surface area contributed by atoms with Crippen LogP contribution in [0.5, 0.6) is 0 Å². The highest BCUT2D eigenvalue weighted by Gasteiger charge is 2.36. The van der Waals surface area contributed by atoms with Crippen molar-refractivity contribution in [2.45, 2.75) is 37.4 Å². The first-order valence-electron chi connectivity index (χ1n) is 11.1. The normalized spacial score (nSPS) is 19.1. The summed E-state index contributed by atoms with van der Waals surface area (Å²) in [7, 11) is -1.95. The second kappa shape index (κ2) is 9.72. The minimum Gasteiger partial charge on any atom is -0.383 e. The monoisotopic (exact) mass is 470 g/mol. The van der Waals surface area contributed by atoms with Gasteiger partial charge in [0.05, 0.1) is 35.0 Å². The van der Waals surface area contributed by atoms with Gasteiger partial charge in [0.25, 0.3) is 5.56 Å². The van der Waals surface area contributed by atoms with Crippen molar-refractivity contribution in [1.82, 2.24) is 18.8 Å². The van der Waals surface area contributed by atoms with Crippen LogP contribution in [0, 0.1) is 0 Å². The number of methoxy groups -OCH3 is 1. The third kappa shape index (κ3) is 4.59. The van der Waals surface area contributed by atoms with Gasteiger partial charge in [-0.2, -0.15) is 4.31 Å². The van der Waals surface area contributed by atoms with Crippen LogP contribution in [-0.4, -0.2) is 66.6 Å². The zero-order valence-electron chi connectivity index (χ0n) is 19.2. The summed E-state index contributed by atoms with van der Waals surface area (Å²) < 4.78 is 34.8. The molecule has 0 radical (unpaired) electrons. The van der Waals surface area contributed by atoms with E-state index in [4.69, 9.17) is 9.72 Å². The van der Waals surface area contributed by atoms with Crippen LogP contribution in [0.3, 0.4) is 0 Å². The van der Waals surface area contributed by atoms with Crippen LogP contribution in [0.25, 0.3) is 10.9 Å². The van der Waals surface area contributed by atoms with Gasteiger partial charge >= 0.3 is 0 Å². The van der Waals surface area contributed by atoms with Gasteiger partial charge in [0, 0.05) is 32.8 Å². The van der Waals surface area contributed by atoms with E-state index in [9.17, 15) is 13.2 Å². The number of sulfonamides is 1. The molecule has 1 aliphatic rings. The summed E-state index contributed by atoms with van der Waals surface area (Å²) in [5.41, 5.74) is 0.578. The zero-order valence-corrected chi connectivity index (χ0v) is 20.0. The molecular formula is C24H30N4O4S. The molecule has 1 saturated heterocycles. The summed E-state index contributed by atoms with van der Waals surface area (Å²) in [4.78, 5) is 20.6. The lowest BCUT2D eigenvalue weighted by Gasteiger charge is -2.41. The maximum absolute atomic E-state index is 13.2. The molecule has 3 aromatic rings. The zero-order chi connectivity index (χ0) is 23.6. The molecule has 2 heterocycles. The largest absolute Gasteiger partial charge is 0.383 e. The third-order valence-corrected chi connectivity index (χ3v) is 8.31. The number of rotatable bonds is 7. The Labute approximate surface area is 194 Å². The number of hydrogen-bond donors (Lipinski definition) is 0. The number of fused-ring (bicyclic) bond motifs is 1. The van der Waals surface area contributed by atoms with E-state index in [-0.39, 0.29) is 17.6 Å². The number of benzene rings is 2. The molecule has 0 saturated carbocycles. The summed E-state index contributed by atoms with van der Waals surface area (Å²) >= 11 is 0. The van der Waals surface area contributed by atoms with E-state index < -0.39 is 10.0 Å². The smallest absolute Gasteiger partial charge is 0.261 e. The second-order valence-corrected chi connectivity index (χ2v) is 10.3. The van der Waals surface area contributed by atoms with E-state index in [1.54, 1.807) is 46.3 Å². The van der Waals surface area contributed by atoms with Gasteiger partial charge in [-0.25, -0.2) is 13.4 Å². The van der Waals surface area contributed by atoms with Gasteiger partial charge in [0.2, 0.25) is 10.0 Å². The van der Waals surface area contributed by atoms with Gasteiger partial charge in [0.15, 0.2) is 0 Å². The van der Waals surface area contributed by atoms with Crippen molar-refractivity contribution in [3.8, 4) is 0 Å². The topological polar surface area (TPSA) is 84.7 Å². The van der Waals surface area contributed by atoms with Crippen molar-refractivity contribution in [3.63, 3.8) is 0 Å². The molecule has 9 heteroatoms. The molecule has 0 N–H and O–H groups in total. The molecule has 1 aliphatic heterocycles. The van der Waals surface area contributed by atoms with Crippen LogP contribution in [0.2, 0.25) is 0 Å². The number of nitrogens with zero attached hydrogens (tertiary/aromatic N) is 4. The molecule has 0 bridgehead atoms. The van der Waals surface area contributed by atoms with E-state index in [0.717, 1.165) is 0 Å². The average molecular weight is 471 g/mol. The predicted octanol–water partition coefficient (Wildman–Crippen LogP) is 2.50. The second-order valence-electron chi connectivity index (χ2n) is 8.39. The molecule has 4 rings (SSSR count). The van der Waals surface area contributed by atoms with Crippen LogP contribution >= 0.6 is 0 Å². The van der Waals surface area contributed by atoms with Crippen LogP contribution in [0.4, 0.5) is 0 Å². The highest BCUT2D eigenvalue weighted by atomic mass is 32.2. The first-order chi connectivity index (χ1) is 15.8. The lowest BCUT2D eigenvalue weighted by Crippen LogP contribution is -2.54. The minimum atomic E-state index is -3.56. The van der Waals surface area contributed by atoms with Crippen molar-refractivity contribution >= 4 is 20.9 Å². The first-order valence-corrected chi connectivity index (χ1v) is 12.6. The Morgan fingerprint density at radius 3 is 2.48 bits per heavy atom. The van der Waals surface area contributed by atoms with E-state index >= 15 is 0 Å². The Hall–Kier alpha value is -2.59. The molecular weight excluding hydrogens is 440 g/mol. The summed E-state index contributed by atoms with van der Waals surface area (Å²) in [5.74, 6) is 0.669. The molecule has 0 amide bonds. The molecule has 8 nitrogen and oxygen atoms in total. The Balaban J connectivity index is 1.62. The van der Waals surface area contributed by atoms with Gasteiger partial charge in [-0.15, -0.1) is 0 Å². The fourth-order valence-corrected chi connectivity index (χ4v) is 6.11. The number of para-hydroxylation sites is 1. The maximum Gasteiger partial charge on any atom is 0.261 e. The van der Waals surface area contributed by atoms with Crippen LogP contribution < -0.4 is 5.56 Å². The molecule has 0 spiro atoms. The number of piperazine rings is 1. The Morgan fingerprint density at radius 1 is 1.09 bits per heavy atom. The summed E-state index contributed by atoms with van der Waals surface area (Å²) in [6, 6.07) is 15.5. The fraction of sp³-hybridized carbons (Fsp3) is 0.417. The van der Waals surface area contributed by atoms with Crippen molar-refractivity contribution in [2.24, 2.45) is 0 Å². The van der Waals surface area contributed by atoms with Crippen LogP contribution in [0.1, 0.15) is 25.7 Å². The molecule has 2 aromatic carbocycles. The maximum atomic E-state index is 13.2. The van der Waals surface area contributed by atoms with Crippen molar-refractivity contribution in [1.29, 1.82) is 0 Å². The van der Waals surface area contributed by atoms with Crippen LogP contribution in [-0.2, 0) is 21.3 Å². The van der Waals surface area contributed by atoms with E-state index in [0.29, 0.717) is 54.4 Å². The molecule has 0 aliphatic carbocycles. The first kappa shape index (κ1) is 23.6. The number of ether oxygens (including phenoxy) is 1. The summed E-state index contributed by atoms with van der Waals surface area (Å²) in [6.45, 7) is 6.21. The molecule has 1 fully saturated rings. The minimum absolute atomic E-state index is 0.0853. The SMILES string of the molecule is COCCn1c(C(C)N2CCN(S(=O)(=O)c3ccccc3)C(C)C2)nc2ccccc2c1=O. The predicted molar refractivity (Wildman–Crippen MR) is 128 cm³/mol. The highest BCUT2D eigenvalue weighted by Crippen LogP contribution is 2.26. The van der Waals surface area contributed by atoms with Gasteiger partial charge in [-0.05, 0) is 38.1 Å². The van der Waals surface area contributed by atoms with Gasteiger partial charge in [0.1, 0.15) is 5.82 Å². The lowest BCUT2D eigenvalue weighted by atomic mass is 10.1. The quantitative estimate of drug-likeness (QED) is 0.528. The van der Waals surface area contributed by atoms with Gasteiger partial charge in [-0.1, -0.05) is 30.3 Å².